The van der Waals surface area contributed by atoms with Gasteiger partial charge in [0.05, 0.1) is 25.5 Å². The number of halogens is 4. The molecule has 0 bridgehead atoms. The van der Waals surface area contributed by atoms with Gasteiger partial charge >= 0.3 is 6.18 Å². The van der Waals surface area contributed by atoms with Crippen LogP contribution in [-0.2, 0) is 16.2 Å². The fourth-order valence-corrected chi connectivity index (χ4v) is 3.19. The van der Waals surface area contributed by atoms with Crippen molar-refractivity contribution >= 4 is 15.7 Å². The van der Waals surface area contributed by atoms with E-state index in [1.54, 1.807) is 4.72 Å². The van der Waals surface area contributed by atoms with E-state index in [9.17, 15) is 26.0 Å². The summed E-state index contributed by atoms with van der Waals surface area (Å²) >= 11 is 0. The van der Waals surface area contributed by atoms with Gasteiger partial charge in [0.25, 0.3) is 10.0 Å². The average Bonchev–Trinajstić information content (AvgIpc) is 2.54. The summed E-state index contributed by atoms with van der Waals surface area (Å²) < 4.78 is 88.4. The topological polar surface area (TPSA) is 64.6 Å². The van der Waals surface area contributed by atoms with Gasteiger partial charge in [0.15, 0.2) is 0 Å². The van der Waals surface area contributed by atoms with E-state index in [1.165, 1.54) is 26.4 Å². The van der Waals surface area contributed by atoms with Gasteiger partial charge in [-0.05, 0) is 30.3 Å². The molecule has 0 aliphatic heterocycles. The van der Waals surface area contributed by atoms with Gasteiger partial charge in [-0.2, -0.15) is 13.2 Å². The average molecular weight is 379 g/mol. The molecule has 0 saturated heterocycles. The Morgan fingerprint density at radius 2 is 1.68 bits per heavy atom. The molecule has 2 aromatic carbocycles. The Labute approximate surface area is 141 Å². The molecule has 1 N–H and O–H groups in total. The number of anilines is 1. The zero-order chi connectivity index (χ0) is 18.8. The lowest BCUT2D eigenvalue weighted by Crippen LogP contribution is -2.16. The molecular formula is C15H13F4NO4S. The number of benzene rings is 2. The van der Waals surface area contributed by atoms with Crippen LogP contribution in [0.5, 0.6) is 11.5 Å². The molecule has 0 spiro atoms. The summed E-state index contributed by atoms with van der Waals surface area (Å²) in [5.41, 5.74) is -2.01. The van der Waals surface area contributed by atoms with Crippen molar-refractivity contribution in [2.75, 3.05) is 18.9 Å². The molecule has 0 amide bonds. The Kier molecular flexibility index (Phi) is 5.12. The van der Waals surface area contributed by atoms with Gasteiger partial charge in [-0.25, -0.2) is 12.8 Å². The van der Waals surface area contributed by atoms with E-state index < -0.39 is 33.3 Å². The van der Waals surface area contributed by atoms with Crippen molar-refractivity contribution in [3.63, 3.8) is 0 Å². The van der Waals surface area contributed by atoms with Crippen LogP contribution < -0.4 is 14.2 Å². The molecule has 0 aromatic heterocycles. The summed E-state index contributed by atoms with van der Waals surface area (Å²) in [5.74, 6) is -0.954. The maximum atomic E-state index is 13.8. The second kappa shape index (κ2) is 6.79. The van der Waals surface area contributed by atoms with Gasteiger partial charge < -0.3 is 9.47 Å². The van der Waals surface area contributed by atoms with Crippen LogP contribution >= 0.6 is 0 Å². The molecule has 0 aliphatic carbocycles. The van der Waals surface area contributed by atoms with E-state index in [4.69, 9.17) is 9.47 Å². The van der Waals surface area contributed by atoms with Crippen LogP contribution in [0.25, 0.3) is 0 Å². The van der Waals surface area contributed by atoms with Crippen LogP contribution in [-0.4, -0.2) is 22.6 Å². The minimum absolute atomic E-state index is 0.112. The second-order valence-corrected chi connectivity index (χ2v) is 6.47. The zero-order valence-corrected chi connectivity index (χ0v) is 13.8. The Morgan fingerprint density at radius 3 is 2.24 bits per heavy atom. The number of sulfonamides is 1. The van der Waals surface area contributed by atoms with Crippen LogP contribution in [0.3, 0.4) is 0 Å². The maximum absolute atomic E-state index is 13.8. The molecular weight excluding hydrogens is 366 g/mol. The third-order valence-corrected chi connectivity index (χ3v) is 4.60. The molecule has 5 nitrogen and oxygen atoms in total. The molecule has 0 atom stereocenters. The maximum Gasteiger partial charge on any atom is 0.416 e. The van der Waals surface area contributed by atoms with Crippen molar-refractivity contribution in [2.24, 2.45) is 0 Å². The lowest BCUT2D eigenvalue weighted by molar-refractivity contribution is -0.137. The highest BCUT2D eigenvalue weighted by atomic mass is 32.2. The van der Waals surface area contributed by atoms with Gasteiger partial charge in [0, 0.05) is 6.07 Å². The summed E-state index contributed by atoms with van der Waals surface area (Å²) in [6.45, 7) is 0. The molecule has 136 valence electrons. The molecule has 0 fully saturated rings. The van der Waals surface area contributed by atoms with Crippen molar-refractivity contribution in [1.29, 1.82) is 0 Å². The minimum Gasteiger partial charge on any atom is -0.497 e. The van der Waals surface area contributed by atoms with E-state index in [2.05, 4.69) is 0 Å². The first-order valence-electron chi connectivity index (χ1n) is 6.70. The number of nitrogens with one attached hydrogen (secondary N) is 1. The van der Waals surface area contributed by atoms with Crippen molar-refractivity contribution in [2.45, 2.75) is 11.1 Å². The summed E-state index contributed by atoms with van der Waals surface area (Å²) in [6, 6.07) is 5.15. The van der Waals surface area contributed by atoms with Gasteiger partial charge in [-0.15, -0.1) is 0 Å². The largest absolute Gasteiger partial charge is 0.497 e. The molecule has 25 heavy (non-hydrogen) atoms. The van der Waals surface area contributed by atoms with Gasteiger partial charge in [-0.3, -0.25) is 4.72 Å². The van der Waals surface area contributed by atoms with Crippen molar-refractivity contribution in [1.82, 2.24) is 0 Å². The summed E-state index contributed by atoms with van der Waals surface area (Å²) in [6.07, 6.45) is -4.74. The van der Waals surface area contributed by atoms with E-state index in [-0.39, 0.29) is 10.6 Å². The van der Waals surface area contributed by atoms with Gasteiger partial charge in [0.1, 0.15) is 22.2 Å². The van der Waals surface area contributed by atoms with E-state index >= 15 is 0 Å². The summed E-state index contributed by atoms with van der Waals surface area (Å²) in [4.78, 5) is -0.382. The zero-order valence-electron chi connectivity index (χ0n) is 13.0. The highest BCUT2D eigenvalue weighted by Gasteiger charge is 2.32. The molecule has 2 rings (SSSR count). The van der Waals surface area contributed by atoms with E-state index in [1.807, 2.05) is 0 Å². The molecule has 2 aromatic rings. The SMILES string of the molecule is COc1ccc(S(=O)(=O)Nc2cc(C(F)(F)F)ccc2F)c(OC)c1. The summed E-state index contributed by atoms with van der Waals surface area (Å²) in [5, 5.41) is 0. The quantitative estimate of drug-likeness (QED) is 0.806. The fraction of sp³-hybridized carbons (Fsp3) is 0.200. The lowest BCUT2D eigenvalue weighted by Gasteiger charge is -2.14. The van der Waals surface area contributed by atoms with Crippen molar-refractivity contribution in [3.05, 3.63) is 47.8 Å². The number of hydrogen-bond acceptors (Lipinski definition) is 4. The van der Waals surface area contributed by atoms with Crippen molar-refractivity contribution < 1.29 is 35.5 Å². The Morgan fingerprint density at radius 1 is 1.00 bits per heavy atom. The smallest absolute Gasteiger partial charge is 0.416 e. The highest BCUT2D eigenvalue weighted by molar-refractivity contribution is 7.92. The number of alkyl halides is 3. The van der Waals surface area contributed by atoms with Crippen LogP contribution in [0.15, 0.2) is 41.3 Å². The third-order valence-electron chi connectivity index (χ3n) is 3.20. The highest BCUT2D eigenvalue weighted by Crippen LogP contribution is 2.34. The first-order chi connectivity index (χ1) is 11.6. The Balaban J connectivity index is 2.46. The van der Waals surface area contributed by atoms with Crippen molar-refractivity contribution in [3.8, 4) is 11.5 Å². The number of rotatable bonds is 5. The molecule has 10 heteroatoms. The van der Waals surface area contributed by atoms with Crippen LogP contribution in [0.4, 0.5) is 23.2 Å². The van der Waals surface area contributed by atoms with Gasteiger partial charge in [0.2, 0.25) is 0 Å². The van der Waals surface area contributed by atoms with Crippen LogP contribution in [0.2, 0.25) is 0 Å². The summed E-state index contributed by atoms with van der Waals surface area (Å²) in [7, 11) is -1.84. The predicted octanol–water partition coefficient (Wildman–Crippen LogP) is 3.66. The van der Waals surface area contributed by atoms with Crippen LogP contribution in [0, 0.1) is 5.82 Å². The Bertz CT molecular complexity index is 882. The van der Waals surface area contributed by atoms with Crippen LogP contribution in [0.1, 0.15) is 5.56 Å². The standard InChI is InChI=1S/C15H13F4NO4S/c1-23-10-4-6-14(13(8-10)24-2)25(21,22)20-12-7-9(15(17,18)19)3-5-11(12)16/h3-8,20H,1-2H3. The minimum atomic E-state index is -4.74. The van der Waals surface area contributed by atoms with Gasteiger partial charge in [-0.1, -0.05) is 0 Å². The molecule has 0 saturated carbocycles. The normalized spacial score (nSPS) is 11.9. The number of hydrogen-bond donors (Lipinski definition) is 1. The monoisotopic (exact) mass is 379 g/mol. The third kappa shape index (κ3) is 4.13. The lowest BCUT2D eigenvalue weighted by atomic mass is 10.2. The number of ether oxygens (including phenoxy) is 2. The Hall–Kier alpha value is -2.49. The fourth-order valence-electron chi connectivity index (χ4n) is 1.98. The molecule has 0 heterocycles. The molecule has 0 aliphatic rings. The van der Waals surface area contributed by atoms with E-state index in [0.717, 1.165) is 6.07 Å². The van der Waals surface area contributed by atoms with E-state index in [0.29, 0.717) is 23.9 Å². The predicted molar refractivity (Wildman–Crippen MR) is 81.8 cm³/mol. The first kappa shape index (κ1) is 18.8. The second-order valence-electron chi connectivity index (χ2n) is 4.81. The molecule has 0 unspecified atom stereocenters. The molecule has 0 radical (unpaired) electrons. The number of methoxy groups -OCH3 is 2. The first-order valence-corrected chi connectivity index (χ1v) is 8.18.